The van der Waals surface area contributed by atoms with Crippen molar-refractivity contribution in [2.75, 3.05) is 16.8 Å². The monoisotopic (exact) mass is 372 g/mol. The molecule has 0 aliphatic carbocycles. The van der Waals surface area contributed by atoms with Gasteiger partial charge in [-0.3, -0.25) is 9.59 Å². The van der Waals surface area contributed by atoms with Crippen molar-refractivity contribution in [2.24, 2.45) is 0 Å². The Kier molecular flexibility index (Phi) is 5.08. The van der Waals surface area contributed by atoms with Crippen molar-refractivity contribution >= 4 is 39.8 Å². The highest BCUT2D eigenvalue weighted by atomic mass is 32.1. The van der Waals surface area contributed by atoms with Gasteiger partial charge in [0.25, 0.3) is 5.91 Å². The third-order valence-electron chi connectivity index (χ3n) is 4.52. The Hall–Kier alpha value is -2.67. The first-order valence-corrected chi connectivity index (χ1v) is 9.31. The number of amides is 2. The number of hydrogen-bond donors (Lipinski definition) is 2. The van der Waals surface area contributed by atoms with Gasteiger partial charge in [0.2, 0.25) is 5.91 Å². The molecular weight excluding hydrogens is 352 g/mol. The van der Waals surface area contributed by atoms with Crippen molar-refractivity contribution in [1.29, 1.82) is 0 Å². The second-order valence-corrected chi connectivity index (χ2v) is 7.37. The van der Waals surface area contributed by atoms with Gasteiger partial charge in [0, 0.05) is 29.1 Å². The third kappa shape index (κ3) is 3.35. The van der Waals surface area contributed by atoms with E-state index in [2.05, 4.69) is 5.32 Å². The van der Waals surface area contributed by atoms with Gasteiger partial charge >= 0.3 is 5.97 Å². The minimum absolute atomic E-state index is 0.0921. The van der Waals surface area contributed by atoms with E-state index in [1.54, 1.807) is 29.2 Å². The van der Waals surface area contributed by atoms with Crippen LogP contribution in [0.15, 0.2) is 24.3 Å². The van der Waals surface area contributed by atoms with Crippen LogP contribution in [-0.4, -0.2) is 29.4 Å². The molecule has 2 amide bonds. The zero-order chi connectivity index (χ0) is 18.8. The van der Waals surface area contributed by atoms with Crippen LogP contribution in [0.1, 0.15) is 50.9 Å². The predicted molar refractivity (Wildman–Crippen MR) is 101 cm³/mol. The molecule has 1 aromatic carbocycles. The minimum Gasteiger partial charge on any atom is -0.478 e. The van der Waals surface area contributed by atoms with Crippen LogP contribution in [0.5, 0.6) is 0 Å². The zero-order valence-corrected chi connectivity index (χ0v) is 15.5. The molecule has 1 aliphatic rings. The number of carboxylic acid groups (broad SMARTS) is 1. The maximum absolute atomic E-state index is 12.5. The van der Waals surface area contributed by atoms with Gasteiger partial charge in [-0.1, -0.05) is 6.92 Å². The summed E-state index contributed by atoms with van der Waals surface area (Å²) in [6.45, 7) is 4.44. The molecule has 7 heteroatoms. The first-order chi connectivity index (χ1) is 12.4. The fourth-order valence-corrected chi connectivity index (χ4v) is 4.34. The van der Waals surface area contributed by atoms with Gasteiger partial charge in [0.05, 0.1) is 5.56 Å². The first-order valence-electron chi connectivity index (χ1n) is 8.49. The van der Waals surface area contributed by atoms with E-state index in [0.717, 1.165) is 22.5 Å². The molecule has 1 fully saturated rings. The number of aryl methyl sites for hydroxylation is 1. The highest BCUT2D eigenvalue weighted by Crippen LogP contribution is 2.34. The van der Waals surface area contributed by atoms with Gasteiger partial charge in [0.1, 0.15) is 5.00 Å². The number of benzene rings is 1. The molecule has 3 rings (SSSR count). The molecule has 1 saturated heterocycles. The molecular formula is C19H20N2O4S. The fraction of sp³-hybridized carbons (Fsp3) is 0.316. The number of anilines is 2. The molecule has 0 radical (unpaired) electrons. The van der Waals surface area contributed by atoms with E-state index in [1.807, 2.05) is 13.8 Å². The quantitative estimate of drug-likeness (QED) is 0.838. The number of thiophene rings is 1. The summed E-state index contributed by atoms with van der Waals surface area (Å²) in [5, 5.41) is 12.6. The number of carboxylic acids is 1. The maximum atomic E-state index is 12.5. The summed E-state index contributed by atoms with van der Waals surface area (Å²) >= 11 is 1.28. The summed E-state index contributed by atoms with van der Waals surface area (Å²) in [6, 6.07) is 6.79. The van der Waals surface area contributed by atoms with Gasteiger partial charge in [-0.05, 0) is 49.6 Å². The van der Waals surface area contributed by atoms with E-state index in [0.29, 0.717) is 30.0 Å². The van der Waals surface area contributed by atoms with Gasteiger partial charge in [-0.25, -0.2) is 4.79 Å². The van der Waals surface area contributed by atoms with Crippen LogP contribution >= 0.6 is 11.3 Å². The number of rotatable bonds is 5. The standard InChI is InChI=1S/C19H20N2O4S/c1-3-14-11(2)26-18(16(14)19(24)25)20-17(23)12-6-8-13(9-7-12)21-10-4-5-15(21)22/h6-9H,3-5,10H2,1-2H3,(H,20,23)(H,24,25). The second-order valence-electron chi connectivity index (χ2n) is 6.15. The summed E-state index contributed by atoms with van der Waals surface area (Å²) < 4.78 is 0. The number of hydrogen-bond acceptors (Lipinski definition) is 4. The molecule has 0 spiro atoms. The Labute approximate surface area is 155 Å². The molecule has 1 aromatic heterocycles. The summed E-state index contributed by atoms with van der Waals surface area (Å²) in [6.07, 6.45) is 1.99. The molecule has 0 unspecified atom stereocenters. The van der Waals surface area contributed by atoms with E-state index in [9.17, 15) is 19.5 Å². The van der Waals surface area contributed by atoms with Crippen molar-refractivity contribution in [2.45, 2.75) is 33.1 Å². The number of nitrogens with one attached hydrogen (secondary N) is 1. The summed E-state index contributed by atoms with van der Waals surface area (Å²) in [4.78, 5) is 38.5. The van der Waals surface area contributed by atoms with Gasteiger partial charge < -0.3 is 15.3 Å². The smallest absolute Gasteiger partial charge is 0.339 e. The van der Waals surface area contributed by atoms with Gasteiger partial charge in [-0.15, -0.1) is 11.3 Å². The first kappa shape index (κ1) is 18.1. The Morgan fingerprint density at radius 1 is 1.27 bits per heavy atom. The molecule has 0 atom stereocenters. The summed E-state index contributed by atoms with van der Waals surface area (Å²) in [5.74, 6) is -1.31. The van der Waals surface area contributed by atoms with Crippen LogP contribution in [0.3, 0.4) is 0 Å². The summed E-state index contributed by atoms with van der Waals surface area (Å²) in [7, 11) is 0. The maximum Gasteiger partial charge on any atom is 0.339 e. The van der Waals surface area contributed by atoms with E-state index in [-0.39, 0.29) is 17.4 Å². The Balaban J connectivity index is 1.80. The SMILES string of the molecule is CCc1c(C)sc(NC(=O)c2ccc(N3CCCC3=O)cc2)c1C(=O)O. The Morgan fingerprint density at radius 3 is 2.50 bits per heavy atom. The molecule has 2 N–H and O–H groups in total. The van der Waals surface area contributed by atoms with Crippen LogP contribution in [0.4, 0.5) is 10.7 Å². The van der Waals surface area contributed by atoms with Crippen molar-refractivity contribution in [3.8, 4) is 0 Å². The van der Waals surface area contributed by atoms with Crippen LogP contribution < -0.4 is 10.2 Å². The third-order valence-corrected chi connectivity index (χ3v) is 5.58. The van der Waals surface area contributed by atoms with Crippen molar-refractivity contribution in [3.63, 3.8) is 0 Å². The Bertz CT molecular complexity index is 870. The number of carbonyl (C=O) groups is 3. The molecule has 1 aliphatic heterocycles. The lowest BCUT2D eigenvalue weighted by molar-refractivity contribution is -0.117. The van der Waals surface area contributed by atoms with Gasteiger partial charge in [-0.2, -0.15) is 0 Å². The molecule has 0 bridgehead atoms. The summed E-state index contributed by atoms with van der Waals surface area (Å²) in [5.41, 5.74) is 2.11. The minimum atomic E-state index is -1.04. The van der Waals surface area contributed by atoms with Crippen molar-refractivity contribution in [1.82, 2.24) is 0 Å². The molecule has 6 nitrogen and oxygen atoms in total. The normalized spacial score (nSPS) is 13.9. The zero-order valence-electron chi connectivity index (χ0n) is 14.7. The molecule has 26 heavy (non-hydrogen) atoms. The topological polar surface area (TPSA) is 86.7 Å². The van der Waals surface area contributed by atoms with E-state index in [1.165, 1.54) is 11.3 Å². The largest absolute Gasteiger partial charge is 0.478 e. The van der Waals surface area contributed by atoms with Crippen LogP contribution in [0.2, 0.25) is 0 Å². The molecule has 0 saturated carbocycles. The van der Waals surface area contributed by atoms with Crippen molar-refractivity contribution in [3.05, 3.63) is 45.8 Å². The van der Waals surface area contributed by atoms with Crippen LogP contribution in [0.25, 0.3) is 0 Å². The van der Waals surface area contributed by atoms with Gasteiger partial charge in [0.15, 0.2) is 0 Å². The lowest BCUT2D eigenvalue weighted by Crippen LogP contribution is -2.23. The molecule has 2 heterocycles. The average molecular weight is 372 g/mol. The average Bonchev–Trinajstić information content (AvgIpc) is 3.17. The highest BCUT2D eigenvalue weighted by Gasteiger charge is 2.23. The lowest BCUT2D eigenvalue weighted by atomic mass is 10.1. The van der Waals surface area contributed by atoms with E-state index in [4.69, 9.17) is 0 Å². The predicted octanol–water partition coefficient (Wildman–Crippen LogP) is 3.70. The highest BCUT2D eigenvalue weighted by molar-refractivity contribution is 7.16. The molecule has 2 aromatic rings. The van der Waals surface area contributed by atoms with E-state index < -0.39 is 5.97 Å². The Morgan fingerprint density at radius 2 is 1.96 bits per heavy atom. The fourth-order valence-electron chi connectivity index (χ4n) is 3.21. The molecule has 136 valence electrons. The second kappa shape index (κ2) is 7.29. The number of carbonyl (C=O) groups excluding carboxylic acids is 2. The number of aromatic carboxylic acids is 1. The van der Waals surface area contributed by atoms with Crippen molar-refractivity contribution < 1.29 is 19.5 Å². The number of nitrogens with zero attached hydrogens (tertiary/aromatic N) is 1. The van der Waals surface area contributed by atoms with Crippen LogP contribution in [-0.2, 0) is 11.2 Å². The lowest BCUT2D eigenvalue weighted by Gasteiger charge is -2.15. The van der Waals surface area contributed by atoms with Crippen LogP contribution in [0, 0.1) is 6.92 Å². The van der Waals surface area contributed by atoms with E-state index >= 15 is 0 Å².